The van der Waals surface area contributed by atoms with Crippen LogP contribution in [0.5, 0.6) is 0 Å². The van der Waals surface area contributed by atoms with Crippen LogP contribution in [-0.4, -0.2) is 56.8 Å². The van der Waals surface area contributed by atoms with Crippen LogP contribution in [0.1, 0.15) is 41.4 Å². The molecule has 0 aromatic heterocycles. The zero-order valence-corrected chi connectivity index (χ0v) is 19.1. The lowest BCUT2D eigenvalue weighted by Gasteiger charge is -2.31. The number of nitrogens with one attached hydrogen (secondary N) is 1. The van der Waals surface area contributed by atoms with Gasteiger partial charge in [0.15, 0.2) is 0 Å². The minimum atomic E-state index is -3.77. The Bertz CT molecular complexity index is 1000. The standard InChI is InChI=1S/C22H28ClN3O3S/c1-4-17-5-7-18(8-6-17)16(2)24-22(27)19-9-10-20(23)21(15-19)30(28,29)26-13-11-25(3)12-14-26/h5-10,15-16H,4,11-14H2,1-3H3,(H,24,27)/t16-/m0/s1. The van der Waals surface area contributed by atoms with Crippen LogP contribution in [0.15, 0.2) is 47.4 Å². The molecule has 1 aliphatic heterocycles. The summed E-state index contributed by atoms with van der Waals surface area (Å²) in [4.78, 5) is 14.8. The van der Waals surface area contributed by atoms with Crippen LogP contribution in [-0.2, 0) is 16.4 Å². The van der Waals surface area contributed by atoms with Crippen molar-refractivity contribution >= 4 is 27.5 Å². The van der Waals surface area contributed by atoms with E-state index in [1.807, 2.05) is 38.2 Å². The summed E-state index contributed by atoms with van der Waals surface area (Å²) in [5.41, 5.74) is 2.48. The minimum absolute atomic E-state index is 0.0266. The monoisotopic (exact) mass is 449 g/mol. The first-order valence-corrected chi connectivity index (χ1v) is 11.9. The van der Waals surface area contributed by atoms with Gasteiger partial charge in [0, 0.05) is 31.7 Å². The van der Waals surface area contributed by atoms with E-state index in [1.165, 1.54) is 22.0 Å². The SMILES string of the molecule is CCc1ccc([C@H](C)NC(=O)c2ccc(Cl)c(S(=O)(=O)N3CCN(C)CC3)c2)cc1. The minimum Gasteiger partial charge on any atom is -0.346 e. The molecule has 0 aliphatic carbocycles. The molecule has 2 aromatic carbocycles. The van der Waals surface area contributed by atoms with Crippen molar-refractivity contribution in [1.82, 2.24) is 14.5 Å². The number of nitrogens with zero attached hydrogens (tertiary/aromatic N) is 2. The number of carbonyl (C=O) groups is 1. The summed E-state index contributed by atoms with van der Waals surface area (Å²) < 4.78 is 27.6. The highest BCUT2D eigenvalue weighted by Crippen LogP contribution is 2.27. The van der Waals surface area contributed by atoms with Crippen molar-refractivity contribution in [3.05, 3.63) is 64.2 Å². The molecule has 1 saturated heterocycles. The second-order valence-corrected chi connectivity index (χ2v) is 9.96. The summed E-state index contributed by atoms with van der Waals surface area (Å²) in [5, 5.41) is 3.06. The van der Waals surface area contributed by atoms with Gasteiger partial charge in [-0.2, -0.15) is 4.31 Å². The van der Waals surface area contributed by atoms with Crippen molar-refractivity contribution in [1.29, 1.82) is 0 Å². The molecule has 1 aliphatic rings. The maximum atomic E-state index is 13.1. The number of aryl methyl sites for hydroxylation is 1. The largest absolute Gasteiger partial charge is 0.346 e. The number of sulfonamides is 1. The van der Waals surface area contributed by atoms with Crippen LogP contribution in [0.3, 0.4) is 0 Å². The first-order chi connectivity index (χ1) is 14.2. The topological polar surface area (TPSA) is 69.7 Å². The predicted molar refractivity (Wildman–Crippen MR) is 119 cm³/mol. The molecule has 1 N–H and O–H groups in total. The molecule has 0 saturated carbocycles. The molecule has 0 unspecified atom stereocenters. The molecule has 6 nitrogen and oxygen atoms in total. The fraction of sp³-hybridized carbons (Fsp3) is 0.409. The van der Waals surface area contributed by atoms with Crippen molar-refractivity contribution in [2.24, 2.45) is 0 Å². The normalized spacial score (nSPS) is 16.9. The van der Waals surface area contributed by atoms with Crippen LogP contribution >= 0.6 is 11.6 Å². The van der Waals surface area contributed by atoms with Gasteiger partial charge in [-0.25, -0.2) is 8.42 Å². The number of amides is 1. The Morgan fingerprint density at radius 1 is 1.10 bits per heavy atom. The molecule has 1 heterocycles. The fourth-order valence-corrected chi connectivity index (χ4v) is 5.34. The smallest absolute Gasteiger partial charge is 0.251 e. The lowest BCUT2D eigenvalue weighted by molar-refractivity contribution is 0.0939. The van der Waals surface area contributed by atoms with Gasteiger partial charge >= 0.3 is 0 Å². The van der Waals surface area contributed by atoms with E-state index in [0.717, 1.165) is 12.0 Å². The molecule has 0 bridgehead atoms. The number of likely N-dealkylation sites (N-methyl/N-ethyl adjacent to an activating group) is 1. The highest BCUT2D eigenvalue weighted by Gasteiger charge is 2.30. The molecule has 8 heteroatoms. The molecule has 3 rings (SSSR count). The van der Waals surface area contributed by atoms with Crippen LogP contribution in [0.2, 0.25) is 5.02 Å². The number of rotatable bonds is 6. The zero-order chi connectivity index (χ0) is 21.9. The van der Waals surface area contributed by atoms with E-state index in [2.05, 4.69) is 17.1 Å². The first kappa shape index (κ1) is 22.7. The highest BCUT2D eigenvalue weighted by molar-refractivity contribution is 7.89. The van der Waals surface area contributed by atoms with Crippen LogP contribution < -0.4 is 5.32 Å². The van der Waals surface area contributed by atoms with E-state index < -0.39 is 10.0 Å². The number of carbonyl (C=O) groups excluding carboxylic acids is 1. The molecular weight excluding hydrogens is 422 g/mol. The molecule has 1 fully saturated rings. The lowest BCUT2D eigenvalue weighted by atomic mass is 10.0. The Labute approximate surface area is 183 Å². The van der Waals surface area contributed by atoms with Gasteiger partial charge in [0.2, 0.25) is 10.0 Å². The average molecular weight is 450 g/mol. The number of benzene rings is 2. The van der Waals surface area contributed by atoms with Gasteiger partial charge in [-0.15, -0.1) is 0 Å². The number of hydrogen-bond acceptors (Lipinski definition) is 4. The van der Waals surface area contributed by atoms with Crippen molar-refractivity contribution < 1.29 is 13.2 Å². The van der Waals surface area contributed by atoms with Crippen LogP contribution in [0, 0.1) is 0 Å². The van der Waals surface area contributed by atoms with Crippen LogP contribution in [0.25, 0.3) is 0 Å². The maximum absolute atomic E-state index is 13.1. The van der Waals surface area contributed by atoms with E-state index in [1.54, 1.807) is 6.07 Å². The Balaban J connectivity index is 1.79. The third-order valence-corrected chi connectivity index (χ3v) is 7.89. The van der Waals surface area contributed by atoms with Gasteiger partial charge in [0.05, 0.1) is 11.1 Å². The van der Waals surface area contributed by atoms with Crippen molar-refractivity contribution in [2.45, 2.75) is 31.2 Å². The van der Waals surface area contributed by atoms with Gasteiger partial charge in [-0.3, -0.25) is 4.79 Å². The van der Waals surface area contributed by atoms with E-state index in [4.69, 9.17) is 11.6 Å². The summed E-state index contributed by atoms with van der Waals surface area (Å²) in [6.07, 6.45) is 0.955. The average Bonchev–Trinajstić information content (AvgIpc) is 2.74. The van der Waals surface area contributed by atoms with Gasteiger partial charge < -0.3 is 10.2 Å². The van der Waals surface area contributed by atoms with Gasteiger partial charge in [0.1, 0.15) is 4.90 Å². The van der Waals surface area contributed by atoms with E-state index >= 15 is 0 Å². The molecule has 1 atom stereocenters. The third kappa shape index (κ3) is 5.03. The Hall–Kier alpha value is -1.93. The summed E-state index contributed by atoms with van der Waals surface area (Å²) in [6.45, 7) is 6.11. The first-order valence-electron chi connectivity index (χ1n) is 10.1. The number of halogens is 1. The summed E-state index contributed by atoms with van der Waals surface area (Å²) in [6, 6.07) is 12.3. The molecule has 1 amide bonds. The molecule has 2 aromatic rings. The lowest BCUT2D eigenvalue weighted by Crippen LogP contribution is -2.47. The van der Waals surface area contributed by atoms with Gasteiger partial charge in [-0.1, -0.05) is 42.8 Å². The van der Waals surface area contributed by atoms with E-state index in [9.17, 15) is 13.2 Å². The second kappa shape index (κ2) is 9.47. The molecule has 0 spiro atoms. The second-order valence-electron chi connectivity index (χ2n) is 7.64. The third-order valence-electron chi connectivity index (χ3n) is 5.51. The van der Waals surface area contributed by atoms with Gasteiger partial charge in [-0.05, 0) is 49.7 Å². The highest BCUT2D eigenvalue weighted by atomic mass is 35.5. The fourth-order valence-electron chi connectivity index (χ4n) is 3.42. The number of piperazine rings is 1. The van der Waals surface area contributed by atoms with Gasteiger partial charge in [0.25, 0.3) is 5.91 Å². The maximum Gasteiger partial charge on any atom is 0.251 e. The molecular formula is C22H28ClN3O3S. The Morgan fingerprint density at radius 2 is 1.73 bits per heavy atom. The Morgan fingerprint density at radius 3 is 2.33 bits per heavy atom. The molecule has 162 valence electrons. The van der Waals surface area contributed by atoms with Crippen LogP contribution in [0.4, 0.5) is 0 Å². The van der Waals surface area contributed by atoms with E-state index in [-0.39, 0.29) is 27.4 Å². The van der Waals surface area contributed by atoms with Crippen molar-refractivity contribution in [3.8, 4) is 0 Å². The summed E-state index contributed by atoms with van der Waals surface area (Å²) >= 11 is 6.22. The zero-order valence-electron chi connectivity index (χ0n) is 17.6. The predicted octanol–water partition coefficient (Wildman–Crippen LogP) is 3.33. The van der Waals surface area contributed by atoms with E-state index in [0.29, 0.717) is 26.2 Å². The molecule has 30 heavy (non-hydrogen) atoms. The van der Waals surface area contributed by atoms with Crippen molar-refractivity contribution in [2.75, 3.05) is 33.2 Å². The Kier molecular flexibility index (Phi) is 7.18. The number of hydrogen-bond donors (Lipinski definition) is 1. The van der Waals surface area contributed by atoms with Crippen molar-refractivity contribution in [3.63, 3.8) is 0 Å². The summed E-state index contributed by atoms with van der Waals surface area (Å²) in [5.74, 6) is -0.339. The quantitative estimate of drug-likeness (QED) is 0.734. The summed E-state index contributed by atoms with van der Waals surface area (Å²) in [7, 11) is -1.81. The molecule has 0 radical (unpaired) electrons.